The molecule has 5 rings (SSSR count). The molecular weight excluding hydrogens is 531 g/mol. The third-order valence-corrected chi connectivity index (χ3v) is 7.27. The molecule has 0 saturated carbocycles. The molecular formula is C24H19ClF3N5OS2. The van der Waals surface area contributed by atoms with Crippen molar-refractivity contribution in [1.29, 1.82) is 0 Å². The lowest BCUT2D eigenvalue weighted by molar-refractivity contribution is -0.141. The lowest BCUT2D eigenvalue weighted by atomic mass is 10.1. The molecule has 2 aromatic carbocycles. The zero-order valence-electron chi connectivity index (χ0n) is 18.6. The highest BCUT2D eigenvalue weighted by molar-refractivity contribution is 8.26. The van der Waals surface area contributed by atoms with Gasteiger partial charge in [-0.1, -0.05) is 53.8 Å². The van der Waals surface area contributed by atoms with E-state index in [0.717, 1.165) is 17.4 Å². The van der Waals surface area contributed by atoms with Crippen LogP contribution in [0.1, 0.15) is 11.3 Å². The van der Waals surface area contributed by atoms with Crippen molar-refractivity contribution in [3.05, 3.63) is 75.8 Å². The van der Waals surface area contributed by atoms with Crippen LogP contribution < -0.4 is 15.1 Å². The molecule has 2 aliphatic heterocycles. The highest BCUT2D eigenvalue weighted by atomic mass is 35.5. The van der Waals surface area contributed by atoms with Crippen LogP contribution in [0.25, 0.3) is 11.8 Å². The summed E-state index contributed by atoms with van der Waals surface area (Å²) in [5.74, 6) is -0.243. The van der Waals surface area contributed by atoms with Gasteiger partial charge in [0.25, 0.3) is 5.91 Å². The molecule has 6 nitrogen and oxygen atoms in total. The topological polar surface area (TPSA) is 53.4 Å². The molecule has 1 aromatic heterocycles. The quantitative estimate of drug-likeness (QED) is 0.349. The maximum Gasteiger partial charge on any atom is 0.435 e. The molecule has 0 atom stereocenters. The molecule has 0 spiro atoms. The number of carbonyl (C=O) groups excluding carboxylic acids is 1. The van der Waals surface area contributed by atoms with E-state index in [0.29, 0.717) is 36.9 Å². The fourth-order valence-corrected chi connectivity index (χ4v) is 5.35. The van der Waals surface area contributed by atoms with E-state index in [1.165, 1.54) is 10.8 Å². The van der Waals surface area contributed by atoms with Crippen LogP contribution in [0, 0.1) is 0 Å². The zero-order chi connectivity index (χ0) is 25.4. The summed E-state index contributed by atoms with van der Waals surface area (Å²) in [5.41, 5.74) is 0.261. The Morgan fingerprint density at radius 3 is 2.19 bits per heavy atom. The first kappa shape index (κ1) is 24.7. The Kier molecular flexibility index (Phi) is 6.71. The fraction of sp³-hybridized carbons (Fsp3) is 0.208. The lowest BCUT2D eigenvalue weighted by Crippen LogP contribution is -2.47. The van der Waals surface area contributed by atoms with Gasteiger partial charge >= 0.3 is 6.18 Å². The highest BCUT2D eigenvalue weighted by Gasteiger charge is 2.41. The molecule has 36 heavy (non-hydrogen) atoms. The summed E-state index contributed by atoms with van der Waals surface area (Å²) in [6.45, 7) is 2.06. The Labute approximate surface area is 219 Å². The van der Waals surface area contributed by atoms with Gasteiger partial charge in [-0.05, 0) is 42.5 Å². The minimum absolute atomic E-state index is 0.0964. The second-order valence-corrected chi connectivity index (χ2v) is 10.3. The number of halogens is 4. The lowest BCUT2D eigenvalue weighted by Gasteiger charge is -2.37. The second kappa shape index (κ2) is 9.79. The predicted molar refractivity (Wildman–Crippen MR) is 141 cm³/mol. The number of alkyl halides is 3. The summed E-state index contributed by atoms with van der Waals surface area (Å²) < 4.78 is 44.1. The van der Waals surface area contributed by atoms with Gasteiger partial charge in [0.05, 0.1) is 16.2 Å². The van der Waals surface area contributed by atoms with E-state index in [1.807, 2.05) is 29.2 Å². The minimum atomic E-state index is -4.73. The van der Waals surface area contributed by atoms with Crippen LogP contribution in [0.15, 0.2) is 59.5 Å². The monoisotopic (exact) mass is 549 g/mol. The third kappa shape index (κ3) is 4.95. The number of thioether (sulfide) groups is 1. The molecule has 3 aromatic rings. The molecule has 186 valence electrons. The minimum Gasteiger partial charge on any atom is -0.368 e. The number of thiocarbonyl (C=S) groups is 1. The van der Waals surface area contributed by atoms with E-state index in [9.17, 15) is 18.0 Å². The number of rotatable bonds is 4. The standard InChI is InChI=1S/C24H19ClF3N5OS2/c25-15-6-8-16(9-7-15)31-10-12-32(13-11-31)22-18(14-19-21(34)29-23(35)36-19)20(24(26,27)28)30-33(22)17-4-2-1-3-5-17/h1-9,14H,10-13H2,(H,29,34,35)/b19-14-. The first-order valence-electron chi connectivity index (χ1n) is 11.0. The normalized spacial score (nSPS) is 17.7. The number of nitrogens with zero attached hydrogens (tertiary/aromatic N) is 4. The number of carbonyl (C=O) groups is 1. The average molecular weight is 550 g/mol. The Morgan fingerprint density at radius 1 is 0.972 bits per heavy atom. The van der Waals surface area contributed by atoms with Crippen molar-refractivity contribution in [3.63, 3.8) is 0 Å². The van der Waals surface area contributed by atoms with Crippen molar-refractivity contribution < 1.29 is 18.0 Å². The molecule has 0 aliphatic carbocycles. The van der Waals surface area contributed by atoms with Gasteiger partial charge in [-0.2, -0.15) is 18.3 Å². The Hall–Kier alpha value is -3.02. The van der Waals surface area contributed by atoms with Crippen molar-refractivity contribution in [2.45, 2.75) is 6.18 Å². The first-order valence-corrected chi connectivity index (χ1v) is 12.6. The van der Waals surface area contributed by atoms with E-state index in [1.54, 1.807) is 30.3 Å². The summed E-state index contributed by atoms with van der Waals surface area (Å²) >= 11 is 12.0. The number of hydrogen-bond acceptors (Lipinski definition) is 6. The van der Waals surface area contributed by atoms with Crippen LogP contribution in [0.4, 0.5) is 24.7 Å². The number of aromatic nitrogens is 2. The number of anilines is 2. The SMILES string of the molecule is O=C1NC(=S)S/C1=C\c1c(C(F)(F)F)nn(-c2ccccc2)c1N1CCN(c2ccc(Cl)cc2)CC1. The van der Waals surface area contributed by atoms with Crippen LogP contribution in [0.3, 0.4) is 0 Å². The molecule has 1 amide bonds. The van der Waals surface area contributed by atoms with Crippen molar-refractivity contribution in [2.75, 3.05) is 36.0 Å². The largest absolute Gasteiger partial charge is 0.435 e. The number of amides is 1. The Balaban J connectivity index is 1.58. The van der Waals surface area contributed by atoms with Gasteiger partial charge in [-0.15, -0.1) is 0 Å². The number of hydrogen-bond donors (Lipinski definition) is 1. The molecule has 0 unspecified atom stereocenters. The molecule has 2 fully saturated rings. The van der Waals surface area contributed by atoms with E-state index < -0.39 is 17.8 Å². The van der Waals surface area contributed by atoms with Crippen molar-refractivity contribution in [3.8, 4) is 5.69 Å². The van der Waals surface area contributed by atoms with Crippen molar-refractivity contribution in [2.24, 2.45) is 0 Å². The third-order valence-electron chi connectivity index (χ3n) is 5.85. The molecule has 0 bridgehead atoms. The van der Waals surface area contributed by atoms with Crippen LogP contribution in [0.2, 0.25) is 5.02 Å². The summed E-state index contributed by atoms with van der Waals surface area (Å²) in [6.07, 6.45) is -3.48. The predicted octanol–water partition coefficient (Wildman–Crippen LogP) is 5.36. The van der Waals surface area contributed by atoms with Gasteiger partial charge < -0.3 is 15.1 Å². The molecule has 0 radical (unpaired) electrons. The van der Waals surface area contributed by atoms with Gasteiger partial charge in [0, 0.05) is 36.9 Å². The van der Waals surface area contributed by atoms with Crippen molar-refractivity contribution in [1.82, 2.24) is 15.1 Å². The van der Waals surface area contributed by atoms with Gasteiger partial charge in [-0.3, -0.25) is 4.79 Å². The van der Waals surface area contributed by atoms with Crippen LogP contribution >= 0.6 is 35.6 Å². The molecule has 1 N–H and O–H groups in total. The molecule has 2 saturated heterocycles. The summed E-state index contributed by atoms with van der Waals surface area (Å²) in [7, 11) is 0. The molecule has 12 heteroatoms. The summed E-state index contributed by atoms with van der Waals surface area (Å²) in [6, 6.07) is 16.1. The first-order chi connectivity index (χ1) is 17.2. The van der Waals surface area contributed by atoms with Crippen LogP contribution in [-0.2, 0) is 11.0 Å². The van der Waals surface area contributed by atoms with Crippen LogP contribution in [-0.4, -0.2) is 46.2 Å². The summed E-state index contributed by atoms with van der Waals surface area (Å²) in [5, 5.41) is 7.10. The number of nitrogens with one attached hydrogen (secondary N) is 1. The van der Waals surface area contributed by atoms with E-state index in [2.05, 4.69) is 15.3 Å². The van der Waals surface area contributed by atoms with Crippen LogP contribution in [0.5, 0.6) is 0 Å². The number of para-hydroxylation sites is 1. The van der Waals surface area contributed by atoms with Gasteiger partial charge in [-0.25, -0.2) is 4.68 Å². The molecule has 2 aliphatic rings. The Morgan fingerprint density at radius 2 is 1.61 bits per heavy atom. The highest BCUT2D eigenvalue weighted by Crippen LogP contribution is 2.40. The average Bonchev–Trinajstić information content (AvgIpc) is 3.39. The van der Waals surface area contributed by atoms with Crippen molar-refractivity contribution >= 4 is 63.4 Å². The molecule has 3 heterocycles. The van der Waals surface area contributed by atoms with E-state index in [4.69, 9.17) is 23.8 Å². The van der Waals surface area contributed by atoms with Gasteiger partial charge in [0.15, 0.2) is 5.69 Å². The maximum atomic E-state index is 14.2. The van der Waals surface area contributed by atoms with Gasteiger partial charge in [0.1, 0.15) is 10.1 Å². The van der Waals surface area contributed by atoms with Gasteiger partial charge in [0.2, 0.25) is 0 Å². The summed E-state index contributed by atoms with van der Waals surface area (Å²) in [4.78, 5) is 16.4. The number of piperazine rings is 1. The fourth-order valence-electron chi connectivity index (χ4n) is 4.20. The zero-order valence-corrected chi connectivity index (χ0v) is 21.0. The number of benzene rings is 2. The van der Waals surface area contributed by atoms with E-state index >= 15 is 0 Å². The Bertz CT molecular complexity index is 1330. The second-order valence-electron chi connectivity index (χ2n) is 8.13. The smallest absolute Gasteiger partial charge is 0.368 e. The van der Waals surface area contributed by atoms with E-state index in [-0.39, 0.29) is 20.6 Å². The maximum absolute atomic E-state index is 14.2.